The highest BCUT2D eigenvalue weighted by Gasteiger charge is 2.11. The number of hydrogen-bond acceptors (Lipinski definition) is 3. The van der Waals surface area contributed by atoms with E-state index in [0.717, 1.165) is 11.6 Å². The number of rotatable bonds is 7. The Bertz CT molecular complexity index is 806. The van der Waals surface area contributed by atoms with Gasteiger partial charge < -0.3 is 14.6 Å². The number of hydrogen-bond donors (Lipinski definition) is 1. The predicted molar refractivity (Wildman–Crippen MR) is 103 cm³/mol. The van der Waals surface area contributed by atoms with Crippen LogP contribution in [0.5, 0.6) is 11.5 Å². The third kappa shape index (κ3) is 5.66. The average molecular weight is 446 g/mol. The maximum Gasteiger partial charge on any atom is 0.328 e. The summed E-state index contributed by atoms with van der Waals surface area (Å²) in [5.41, 5.74) is 1.46. The third-order valence-corrected chi connectivity index (χ3v) is 4.44. The van der Waals surface area contributed by atoms with Gasteiger partial charge in [-0.15, -0.1) is 0 Å². The van der Waals surface area contributed by atoms with Gasteiger partial charge in [0, 0.05) is 26.2 Å². The van der Waals surface area contributed by atoms with Gasteiger partial charge in [0.2, 0.25) is 0 Å². The Morgan fingerprint density at radius 3 is 2.56 bits per heavy atom. The van der Waals surface area contributed by atoms with Crippen molar-refractivity contribution < 1.29 is 19.4 Å². The van der Waals surface area contributed by atoms with Gasteiger partial charge in [-0.3, -0.25) is 0 Å². The topological polar surface area (TPSA) is 55.8 Å². The second kappa shape index (κ2) is 9.13. The summed E-state index contributed by atoms with van der Waals surface area (Å²) in [5, 5.41) is 9.84. The first-order valence-electron chi connectivity index (χ1n) is 7.34. The molecule has 0 bridgehead atoms. The van der Waals surface area contributed by atoms with Gasteiger partial charge in [-0.2, -0.15) is 0 Å². The maximum absolute atomic E-state index is 10.7. The number of carboxylic acids is 1. The third-order valence-electron chi connectivity index (χ3n) is 3.17. The zero-order valence-corrected chi connectivity index (χ0v) is 16.4. The van der Waals surface area contributed by atoms with Crippen LogP contribution in [0.15, 0.2) is 40.9 Å². The van der Waals surface area contributed by atoms with E-state index < -0.39 is 5.97 Å². The Kier molecular flexibility index (Phi) is 7.17. The lowest BCUT2D eigenvalue weighted by molar-refractivity contribution is -0.131. The van der Waals surface area contributed by atoms with Crippen molar-refractivity contribution in [3.05, 3.63) is 62.1 Å². The Morgan fingerprint density at radius 2 is 1.92 bits per heavy atom. The lowest BCUT2D eigenvalue weighted by Crippen LogP contribution is -2.01. The van der Waals surface area contributed by atoms with Crippen molar-refractivity contribution in [2.24, 2.45) is 0 Å². The molecule has 2 aromatic rings. The van der Waals surface area contributed by atoms with E-state index in [9.17, 15) is 4.79 Å². The average Bonchev–Trinajstić information content (AvgIpc) is 2.54. The van der Waals surface area contributed by atoms with Crippen LogP contribution in [0.2, 0.25) is 10.0 Å². The number of carbonyl (C=O) groups is 1. The maximum atomic E-state index is 10.7. The predicted octanol–water partition coefficient (Wildman–Crippen LogP) is 5.83. The highest BCUT2D eigenvalue weighted by molar-refractivity contribution is 9.10. The smallest absolute Gasteiger partial charge is 0.328 e. The molecule has 25 heavy (non-hydrogen) atoms. The summed E-state index contributed by atoms with van der Waals surface area (Å²) in [4.78, 5) is 10.7. The van der Waals surface area contributed by atoms with Crippen molar-refractivity contribution in [2.75, 3.05) is 6.61 Å². The van der Waals surface area contributed by atoms with Crippen LogP contribution in [-0.4, -0.2) is 17.7 Å². The monoisotopic (exact) mass is 444 g/mol. The highest BCUT2D eigenvalue weighted by Crippen LogP contribution is 2.35. The molecule has 0 unspecified atom stereocenters. The van der Waals surface area contributed by atoms with Crippen LogP contribution in [0, 0.1) is 0 Å². The fraction of sp³-hybridized carbons (Fsp3) is 0.167. The summed E-state index contributed by atoms with van der Waals surface area (Å²) in [5.74, 6) is 0.00982. The fourth-order valence-electron chi connectivity index (χ4n) is 2.01. The zero-order valence-electron chi connectivity index (χ0n) is 13.3. The first kappa shape index (κ1) is 19.6. The quantitative estimate of drug-likeness (QED) is 0.544. The molecule has 0 spiro atoms. The second-order valence-electron chi connectivity index (χ2n) is 4.95. The van der Waals surface area contributed by atoms with Crippen molar-refractivity contribution in [2.45, 2.75) is 13.5 Å². The molecule has 0 aliphatic carbocycles. The van der Waals surface area contributed by atoms with Crippen LogP contribution in [0.25, 0.3) is 6.08 Å². The van der Waals surface area contributed by atoms with Crippen LogP contribution in [0.4, 0.5) is 0 Å². The largest absolute Gasteiger partial charge is 0.490 e. The molecule has 0 heterocycles. The molecule has 2 aromatic carbocycles. The van der Waals surface area contributed by atoms with Gasteiger partial charge in [0.1, 0.15) is 6.61 Å². The summed E-state index contributed by atoms with van der Waals surface area (Å²) in [6, 6.07) is 8.64. The number of ether oxygens (including phenoxy) is 2. The van der Waals surface area contributed by atoms with Crippen molar-refractivity contribution in [1.82, 2.24) is 0 Å². The summed E-state index contributed by atoms with van der Waals surface area (Å²) >= 11 is 15.5. The Morgan fingerprint density at radius 1 is 1.20 bits per heavy atom. The molecule has 0 aliphatic heterocycles. The fourth-order valence-corrected chi connectivity index (χ4v) is 2.93. The van der Waals surface area contributed by atoms with Crippen LogP contribution in [0.1, 0.15) is 18.1 Å². The molecular formula is C18H15BrCl2O4. The van der Waals surface area contributed by atoms with Gasteiger partial charge >= 0.3 is 5.97 Å². The van der Waals surface area contributed by atoms with E-state index in [4.69, 9.17) is 37.8 Å². The first-order chi connectivity index (χ1) is 11.9. The van der Waals surface area contributed by atoms with Gasteiger partial charge in [-0.25, -0.2) is 4.79 Å². The molecule has 2 rings (SSSR count). The van der Waals surface area contributed by atoms with E-state index in [1.54, 1.807) is 30.3 Å². The minimum absolute atomic E-state index is 0.243. The molecule has 0 amide bonds. The van der Waals surface area contributed by atoms with Crippen LogP contribution in [0.3, 0.4) is 0 Å². The van der Waals surface area contributed by atoms with Crippen molar-refractivity contribution >= 4 is 51.2 Å². The molecule has 0 radical (unpaired) electrons. The van der Waals surface area contributed by atoms with Gasteiger partial charge in [0.05, 0.1) is 6.61 Å². The second-order valence-corrected chi connectivity index (χ2v) is 6.65. The van der Waals surface area contributed by atoms with Crippen LogP contribution in [-0.2, 0) is 11.4 Å². The summed E-state index contributed by atoms with van der Waals surface area (Å²) in [6.45, 7) is 2.54. The van der Waals surface area contributed by atoms with E-state index in [0.29, 0.717) is 38.2 Å². The molecule has 0 fully saturated rings. The van der Waals surface area contributed by atoms with E-state index in [1.807, 2.05) is 6.92 Å². The molecule has 0 aliphatic rings. The summed E-state index contributed by atoms with van der Waals surface area (Å²) in [7, 11) is 0. The van der Waals surface area contributed by atoms with E-state index in [1.165, 1.54) is 6.08 Å². The van der Waals surface area contributed by atoms with Crippen molar-refractivity contribution in [3.63, 3.8) is 0 Å². The number of halogens is 3. The standard InChI is InChI=1S/C18H15BrCl2O4/c1-2-24-16-7-11(4-6-18(22)23)14(19)9-17(16)25-10-12-3-5-13(20)8-15(12)21/h3-9H,2,10H2,1H3,(H,22,23). The van der Waals surface area contributed by atoms with Gasteiger partial charge in [-0.05, 0) is 42.8 Å². The van der Waals surface area contributed by atoms with Crippen molar-refractivity contribution in [1.29, 1.82) is 0 Å². The Hall–Kier alpha value is -1.69. The molecule has 4 nitrogen and oxygen atoms in total. The SMILES string of the molecule is CCOc1cc(C=CC(=O)O)c(Br)cc1OCc1ccc(Cl)cc1Cl. The van der Waals surface area contributed by atoms with E-state index in [-0.39, 0.29) is 6.61 Å². The minimum Gasteiger partial charge on any atom is -0.490 e. The highest BCUT2D eigenvalue weighted by atomic mass is 79.9. The summed E-state index contributed by atoms with van der Waals surface area (Å²) in [6.07, 6.45) is 2.54. The molecule has 0 atom stereocenters. The number of benzene rings is 2. The molecule has 132 valence electrons. The van der Waals surface area contributed by atoms with Crippen LogP contribution < -0.4 is 9.47 Å². The Balaban J connectivity index is 2.26. The molecule has 0 saturated heterocycles. The van der Waals surface area contributed by atoms with E-state index >= 15 is 0 Å². The molecule has 0 saturated carbocycles. The molecule has 1 N–H and O–H groups in total. The normalized spacial score (nSPS) is 10.9. The first-order valence-corrected chi connectivity index (χ1v) is 8.89. The van der Waals surface area contributed by atoms with Gasteiger partial charge in [0.25, 0.3) is 0 Å². The van der Waals surface area contributed by atoms with E-state index in [2.05, 4.69) is 15.9 Å². The van der Waals surface area contributed by atoms with Crippen molar-refractivity contribution in [3.8, 4) is 11.5 Å². The lowest BCUT2D eigenvalue weighted by Gasteiger charge is -2.14. The Labute approximate surface area is 164 Å². The minimum atomic E-state index is -1.03. The lowest BCUT2D eigenvalue weighted by atomic mass is 10.2. The number of carboxylic acid groups (broad SMARTS) is 1. The molecule has 7 heteroatoms. The zero-order chi connectivity index (χ0) is 18.4. The molecule has 0 aromatic heterocycles. The van der Waals surface area contributed by atoms with Gasteiger partial charge in [0.15, 0.2) is 11.5 Å². The van der Waals surface area contributed by atoms with Crippen LogP contribution >= 0.6 is 39.1 Å². The summed E-state index contributed by atoms with van der Waals surface area (Å²) < 4.78 is 12.1. The number of aliphatic carboxylic acids is 1. The molecular weight excluding hydrogens is 431 g/mol. The van der Waals surface area contributed by atoms with Gasteiger partial charge in [-0.1, -0.05) is 45.2 Å².